The fourth-order valence-corrected chi connectivity index (χ4v) is 4.75. The molecule has 41 heavy (non-hydrogen) atoms. The molecule has 0 spiro atoms. The predicted molar refractivity (Wildman–Crippen MR) is 150 cm³/mol. The minimum atomic E-state index is -4.61. The first-order valence-corrected chi connectivity index (χ1v) is 14.7. The summed E-state index contributed by atoms with van der Waals surface area (Å²) in [6, 6.07) is 9.79. The van der Waals surface area contributed by atoms with Crippen LogP contribution >= 0.6 is 0 Å². The largest absolute Gasteiger partial charge is 0.416 e. The van der Waals surface area contributed by atoms with Crippen LogP contribution in [-0.4, -0.2) is 73.1 Å². The summed E-state index contributed by atoms with van der Waals surface area (Å²) < 4.78 is 66.7. The van der Waals surface area contributed by atoms with Gasteiger partial charge in [0.1, 0.15) is 11.6 Å². The third-order valence-corrected chi connectivity index (χ3v) is 6.97. The zero-order valence-corrected chi connectivity index (χ0v) is 23.3. The standard InChI is InChI=1S/C28H29F3N6O3S/c1-3-36-12-14-37(15-13-36)19-23-8-7-22(17-24(23)28(29,30)31)27(38)34-26-16-20(10-11-32-26)4-5-21-6-9-25(33-18-21)35-41(2,39)40/h6-11,16-18H,3,12-15,19H2,1-2H3,(H,33,35)(H,32,34,38). The SMILES string of the molecule is CCN1CCN(Cc2ccc(C(=O)Nc3cc(C#Cc4ccc(NS(C)(=O)=O)nc4)ccn3)cc2C(F)(F)F)CC1. The Labute approximate surface area is 236 Å². The number of carbonyl (C=O) groups is 1. The molecular weight excluding hydrogens is 557 g/mol. The van der Waals surface area contributed by atoms with Crippen LogP contribution < -0.4 is 10.0 Å². The van der Waals surface area contributed by atoms with Crippen molar-refractivity contribution in [2.45, 2.75) is 19.6 Å². The van der Waals surface area contributed by atoms with Crippen molar-refractivity contribution in [2.24, 2.45) is 0 Å². The first kappa shape index (κ1) is 30.0. The van der Waals surface area contributed by atoms with Gasteiger partial charge in [-0.15, -0.1) is 0 Å². The Kier molecular flexibility index (Phi) is 9.27. The van der Waals surface area contributed by atoms with Crippen LogP contribution in [0, 0.1) is 11.8 Å². The van der Waals surface area contributed by atoms with Gasteiger partial charge >= 0.3 is 6.18 Å². The lowest BCUT2D eigenvalue weighted by Crippen LogP contribution is -2.45. The Bertz CT molecular complexity index is 1560. The van der Waals surface area contributed by atoms with Crippen LogP contribution in [0.4, 0.5) is 24.8 Å². The maximum atomic E-state index is 13.9. The Hall–Kier alpha value is -3.99. The van der Waals surface area contributed by atoms with E-state index in [4.69, 9.17) is 0 Å². The van der Waals surface area contributed by atoms with E-state index in [2.05, 4.69) is 43.7 Å². The summed E-state index contributed by atoms with van der Waals surface area (Å²) in [5.41, 5.74) is 0.164. The quantitative estimate of drug-likeness (QED) is 0.407. The lowest BCUT2D eigenvalue weighted by molar-refractivity contribution is -0.138. The number of benzene rings is 1. The third-order valence-electron chi connectivity index (χ3n) is 6.39. The number of pyridine rings is 2. The van der Waals surface area contributed by atoms with Gasteiger partial charge in [0.15, 0.2) is 0 Å². The summed E-state index contributed by atoms with van der Waals surface area (Å²) in [5.74, 6) is 5.31. The molecule has 3 aromatic rings. The van der Waals surface area contributed by atoms with E-state index in [0.29, 0.717) is 24.2 Å². The Morgan fingerprint density at radius 3 is 2.29 bits per heavy atom. The van der Waals surface area contributed by atoms with Crippen molar-refractivity contribution in [3.63, 3.8) is 0 Å². The van der Waals surface area contributed by atoms with Gasteiger partial charge in [0.25, 0.3) is 5.91 Å². The summed E-state index contributed by atoms with van der Waals surface area (Å²) >= 11 is 0. The first-order valence-electron chi connectivity index (χ1n) is 12.8. The van der Waals surface area contributed by atoms with E-state index in [1.807, 2.05) is 4.90 Å². The Balaban J connectivity index is 1.45. The van der Waals surface area contributed by atoms with Gasteiger partial charge in [-0.1, -0.05) is 24.8 Å². The first-order chi connectivity index (χ1) is 19.4. The number of hydrogen-bond donors (Lipinski definition) is 2. The molecule has 0 aliphatic carbocycles. The number of sulfonamides is 1. The molecular formula is C28H29F3N6O3S. The van der Waals surface area contributed by atoms with Gasteiger partial charge in [-0.05, 0) is 48.5 Å². The van der Waals surface area contributed by atoms with Crippen LogP contribution in [0.15, 0.2) is 54.9 Å². The zero-order chi connectivity index (χ0) is 29.6. The second-order valence-corrected chi connectivity index (χ2v) is 11.3. The van der Waals surface area contributed by atoms with Crippen LogP contribution in [0.1, 0.15) is 39.5 Å². The molecule has 1 aromatic carbocycles. The van der Waals surface area contributed by atoms with Gasteiger partial charge in [0.2, 0.25) is 10.0 Å². The maximum Gasteiger partial charge on any atom is 0.416 e. The molecule has 3 heterocycles. The molecule has 9 nitrogen and oxygen atoms in total. The number of anilines is 2. The van der Waals surface area contributed by atoms with Crippen LogP contribution in [0.5, 0.6) is 0 Å². The van der Waals surface area contributed by atoms with Gasteiger partial charge in [-0.2, -0.15) is 13.2 Å². The van der Waals surface area contributed by atoms with Gasteiger partial charge in [-0.25, -0.2) is 18.4 Å². The van der Waals surface area contributed by atoms with Crippen LogP contribution in [-0.2, 0) is 22.7 Å². The molecule has 0 radical (unpaired) electrons. The molecule has 13 heteroatoms. The molecule has 2 N–H and O–H groups in total. The number of aromatic nitrogens is 2. The molecule has 4 rings (SSSR count). The third kappa shape index (κ3) is 8.75. The van der Waals surface area contributed by atoms with Crippen LogP contribution in [0.25, 0.3) is 0 Å². The average molecular weight is 587 g/mol. The van der Waals surface area contributed by atoms with Gasteiger partial charge in [0, 0.05) is 61.8 Å². The molecule has 216 valence electrons. The minimum Gasteiger partial charge on any atom is -0.307 e. The number of nitrogens with zero attached hydrogens (tertiary/aromatic N) is 4. The molecule has 1 aliphatic heterocycles. The number of hydrogen-bond acceptors (Lipinski definition) is 7. The predicted octanol–water partition coefficient (Wildman–Crippen LogP) is 3.66. The lowest BCUT2D eigenvalue weighted by atomic mass is 10.0. The van der Waals surface area contributed by atoms with Crippen molar-refractivity contribution in [1.29, 1.82) is 0 Å². The van der Waals surface area contributed by atoms with E-state index in [-0.39, 0.29) is 29.3 Å². The van der Waals surface area contributed by atoms with Crippen molar-refractivity contribution >= 4 is 27.6 Å². The second-order valence-electron chi connectivity index (χ2n) is 9.52. The number of alkyl halides is 3. The molecule has 1 amide bonds. The van der Waals surface area contributed by atoms with Crippen molar-refractivity contribution < 1.29 is 26.4 Å². The number of amides is 1. The highest BCUT2D eigenvalue weighted by Crippen LogP contribution is 2.33. The van der Waals surface area contributed by atoms with Crippen molar-refractivity contribution in [2.75, 3.05) is 49.0 Å². The van der Waals surface area contributed by atoms with Gasteiger partial charge < -0.3 is 10.2 Å². The summed E-state index contributed by atoms with van der Waals surface area (Å²) in [7, 11) is -3.45. The van der Waals surface area contributed by atoms with Crippen molar-refractivity contribution in [3.8, 4) is 11.8 Å². The highest BCUT2D eigenvalue weighted by Gasteiger charge is 2.34. The van der Waals surface area contributed by atoms with E-state index < -0.39 is 27.7 Å². The Morgan fingerprint density at radius 2 is 1.66 bits per heavy atom. The molecule has 1 aliphatic rings. The maximum absolute atomic E-state index is 13.9. The van der Waals surface area contributed by atoms with E-state index in [9.17, 15) is 26.4 Å². The number of nitrogens with one attached hydrogen (secondary N) is 2. The molecule has 0 saturated carbocycles. The monoisotopic (exact) mass is 586 g/mol. The van der Waals surface area contributed by atoms with Crippen molar-refractivity contribution in [1.82, 2.24) is 19.8 Å². The smallest absolute Gasteiger partial charge is 0.307 e. The summed E-state index contributed by atoms with van der Waals surface area (Å²) in [5, 5.41) is 2.54. The zero-order valence-electron chi connectivity index (χ0n) is 22.5. The number of likely N-dealkylation sites (N-methyl/N-ethyl adjacent to an activating group) is 1. The topological polar surface area (TPSA) is 108 Å². The fourth-order valence-electron chi connectivity index (χ4n) is 4.25. The van der Waals surface area contributed by atoms with E-state index in [0.717, 1.165) is 32.0 Å². The van der Waals surface area contributed by atoms with Crippen LogP contribution in [0.2, 0.25) is 0 Å². The number of halogens is 3. The van der Waals surface area contributed by atoms with Gasteiger partial charge in [-0.3, -0.25) is 14.4 Å². The van der Waals surface area contributed by atoms with Crippen molar-refractivity contribution in [3.05, 3.63) is 82.7 Å². The molecule has 0 atom stereocenters. The fraction of sp³-hybridized carbons (Fsp3) is 0.321. The average Bonchev–Trinajstić information content (AvgIpc) is 2.92. The molecule has 1 saturated heterocycles. The molecule has 0 unspecified atom stereocenters. The molecule has 2 aromatic heterocycles. The van der Waals surface area contributed by atoms with E-state index in [1.165, 1.54) is 36.7 Å². The summed E-state index contributed by atoms with van der Waals surface area (Å²) in [6.07, 6.45) is -0.779. The second kappa shape index (κ2) is 12.7. The van der Waals surface area contributed by atoms with E-state index >= 15 is 0 Å². The summed E-state index contributed by atoms with van der Waals surface area (Å²) in [6.45, 7) is 6.10. The normalized spacial score (nSPS) is 14.7. The molecule has 0 bridgehead atoms. The highest BCUT2D eigenvalue weighted by atomic mass is 32.2. The van der Waals surface area contributed by atoms with Gasteiger partial charge in [0.05, 0.1) is 11.8 Å². The number of carbonyl (C=O) groups excluding carboxylic acids is 1. The lowest BCUT2D eigenvalue weighted by Gasteiger charge is -2.34. The summed E-state index contributed by atoms with van der Waals surface area (Å²) in [4.78, 5) is 25.2. The highest BCUT2D eigenvalue weighted by molar-refractivity contribution is 7.92. The minimum absolute atomic E-state index is 0.124. The molecule has 1 fully saturated rings. The Morgan fingerprint density at radius 1 is 0.951 bits per heavy atom. The van der Waals surface area contributed by atoms with E-state index in [1.54, 1.807) is 12.1 Å². The number of rotatable bonds is 7. The number of piperazine rings is 1. The van der Waals surface area contributed by atoms with Crippen LogP contribution in [0.3, 0.4) is 0 Å².